The van der Waals surface area contributed by atoms with E-state index in [4.69, 9.17) is 0 Å². The van der Waals surface area contributed by atoms with Gasteiger partial charge in [0.25, 0.3) is 0 Å². The standard InChI is InChI=1S/C18H30N2/c1-5-20(6-2)18(13-7-8-14-18)17(19-4)16-11-9-15(3)10-12-16/h9-12,17,19H,5-8,13-14H2,1-4H3. The zero-order valence-electron chi connectivity index (χ0n) is 13.6. The fourth-order valence-electron chi connectivity index (χ4n) is 4.13. The van der Waals surface area contributed by atoms with E-state index in [0.717, 1.165) is 13.1 Å². The summed E-state index contributed by atoms with van der Waals surface area (Å²) in [6.45, 7) is 9.03. The van der Waals surface area contributed by atoms with Crippen molar-refractivity contribution >= 4 is 0 Å². The molecule has 0 radical (unpaired) electrons. The molecule has 1 N–H and O–H groups in total. The molecule has 1 fully saturated rings. The molecule has 0 aromatic heterocycles. The van der Waals surface area contributed by atoms with Gasteiger partial charge >= 0.3 is 0 Å². The Bertz CT molecular complexity index is 400. The largest absolute Gasteiger partial charge is 0.311 e. The molecule has 112 valence electrons. The van der Waals surface area contributed by atoms with Crippen LogP contribution in [-0.4, -0.2) is 30.6 Å². The van der Waals surface area contributed by atoms with E-state index in [-0.39, 0.29) is 0 Å². The first-order valence-electron chi connectivity index (χ1n) is 8.16. The molecular formula is C18H30N2. The lowest BCUT2D eigenvalue weighted by molar-refractivity contribution is 0.0655. The second-order valence-corrected chi connectivity index (χ2v) is 6.12. The Kier molecular flexibility index (Phi) is 5.22. The number of hydrogen-bond acceptors (Lipinski definition) is 2. The number of nitrogens with one attached hydrogen (secondary N) is 1. The number of benzene rings is 1. The molecule has 1 aliphatic rings. The second-order valence-electron chi connectivity index (χ2n) is 6.12. The number of aryl methyl sites for hydroxylation is 1. The molecule has 1 saturated carbocycles. The van der Waals surface area contributed by atoms with Crippen LogP contribution in [-0.2, 0) is 0 Å². The third-order valence-corrected chi connectivity index (χ3v) is 5.10. The van der Waals surface area contributed by atoms with Crippen LogP contribution < -0.4 is 5.32 Å². The zero-order valence-corrected chi connectivity index (χ0v) is 13.6. The summed E-state index contributed by atoms with van der Waals surface area (Å²) in [5.74, 6) is 0. The Labute approximate surface area is 124 Å². The molecule has 0 saturated heterocycles. The van der Waals surface area contributed by atoms with Crippen molar-refractivity contribution in [3.63, 3.8) is 0 Å². The molecule has 20 heavy (non-hydrogen) atoms. The molecule has 1 aliphatic carbocycles. The highest BCUT2D eigenvalue weighted by atomic mass is 15.2. The SMILES string of the molecule is CCN(CC)C1(C(NC)c2ccc(C)cc2)CCCC1. The molecule has 2 rings (SSSR count). The van der Waals surface area contributed by atoms with Gasteiger partial charge in [0.1, 0.15) is 0 Å². The van der Waals surface area contributed by atoms with Crippen molar-refractivity contribution in [2.45, 2.75) is 58.0 Å². The summed E-state index contributed by atoms with van der Waals surface area (Å²) in [5, 5.41) is 3.63. The fraction of sp³-hybridized carbons (Fsp3) is 0.667. The second kappa shape index (κ2) is 6.73. The maximum Gasteiger partial charge on any atom is 0.0504 e. The van der Waals surface area contributed by atoms with Crippen LogP contribution in [0.2, 0.25) is 0 Å². The van der Waals surface area contributed by atoms with Crippen LogP contribution in [0.3, 0.4) is 0 Å². The average molecular weight is 274 g/mol. The first-order valence-corrected chi connectivity index (χ1v) is 8.16. The van der Waals surface area contributed by atoms with Crippen molar-refractivity contribution in [1.29, 1.82) is 0 Å². The van der Waals surface area contributed by atoms with Gasteiger partial charge < -0.3 is 5.32 Å². The van der Waals surface area contributed by atoms with Gasteiger partial charge in [0, 0.05) is 5.54 Å². The Morgan fingerprint density at radius 2 is 1.65 bits per heavy atom. The monoisotopic (exact) mass is 274 g/mol. The third-order valence-electron chi connectivity index (χ3n) is 5.10. The first-order chi connectivity index (χ1) is 9.67. The van der Waals surface area contributed by atoms with Crippen LogP contribution in [0.1, 0.15) is 56.7 Å². The van der Waals surface area contributed by atoms with Gasteiger partial charge in [0.15, 0.2) is 0 Å². The highest BCUT2D eigenvalue weighted by molar-refractivity contribution is 5.28. The molecule has 0 heterocycles. The predicted octanol–water partition coefficient (Wildman–Crippen LogP) is 3.91. The highest BCUT2D eigenvalue weighted by Crippen LogP contribution is 2.44. The smallest absolute Gasteiger partial charge is 0.0504 e. The number of hydrogen-bond donors (Lipinski definition) is 1. The molecule has 0 spiro atoms. The van der Waals surface area contributed by atoms with Gasteiger partial charge in [0.05, 0.1) is 6.04 Å². The Morgan fingerprint density at radius 3 is 2.10 bits per heavy atom. The van der Waals surface area contributed by atoms with Gasteiger partial charge in [-0.05, 0) is 45.5 Å². The van der Waals surface area contributed by atoms with Crippen LogP contribution >= 0.6 is 0 Å². The quantitative estimate of drug-likeness (QED) is 0.846. The van der Waals surface area contributed by atoms with Crippen LogP contribution in [0.15, 0.2) is 24.3 Å². The van der Waals surface area contributed by atoms with Gasteiger partial charge in [-0.15, -0.1) is 0 Å². The summed E-state index contributed by atoms with van der Waals surface area (Å²) < 4.78 is 0. The maximum absolute atomic E-state index is 3.63. The summed E-state index contributed by atoms with van der Waals surface area (Å²) >= 11 is 0. The van der Waals surface area contributed by atoms with Crippen molar-refractivity contribution in [3.05, 3.63) is 35.4 Å². The van der Waals surface area contributed by atoms with Crippen molar-refractivity contribution in [2.75, 3.05) is 20.1 Å². The van der Waals surface area contributed by atoms with Crippen molar-refractivity contribution in [2.24, 2.45) is 0 Å². The third kappa shape index (κ3) is 2.77. The summed E-state index contributed by atoms with van der Waals surface area (Å²) in [5.41, 5.74) is 3.08. The molecule has 1 aromatic rings. The average Bonchev–Trinajstić information content (AvgIpc) is 2.93. The normalized spacial score (nSPS) is 19.4. The van der Waals surface area contributed by atoms with Crippen LogP contribution in [0.4, 0.5) is 0 Å². The van der Waals surface area contributed by atoms with Crippen LogP contribution in [0, 0.1) is 6.92 Å². The number of likely N-dealkylation sites (N-methyl/N-ethyl adjacent to an activating group) is 2. The predicted molar refractivity (Wildman–Crippen MR) is 87.1 cm³/mol. The van der Waals surface area contributed by atoms with Gasteiger partial charge in [-0.2, -0.15) is 0 Å². The van der Waals surface area contributed by atoms with E-state index in [0.29, 0.717) is 11.6 Å². The molecule has 0 amide bonds. The van der Waals surface area contributed by atoms with E-state index >= 15 is 0 Å². The maximum atomic E-state index is 3.63. The number of rotatable bonds is 6. The van der Waals surface area contributed by atoms with E-state index in [1.54, 1.807) is 0 Å². The van der Waals surface area contributed by atoms with E-state index in [2.05, 4.69) is 62.3 Å². The molecule has 1 unspecified atom stereocenters. The Morgan fingerprint density at radius 1 is 1.10 bits per heavy atom. The van der Waals surface area contributed by atoms with Crippen molar-refractivity contribution in [1.82, 2.24) is 10.2 Å². The molecule has 2 nitrogen and oxygen atoms in total. The summed E-state index contributed by atoms with van der Waals surface area (Å²) in [6, 6.07) is 9.53. The van der Waals surface area contributed by atoms with Crippen LogP contribution in [0.25, 0.3) is 0 Å². The Hall–Kier alpha value is -0.860. The van der Waals surface area contributed by atoms with E-state index < -0.39 is 0 Å². The molecule has 0 aliphatic heterocycles. The van der Waals surface area contributed by atoms with E-state index in [9.17, 15) is 0 Å². The van der Waals surface area contributed by atoms with Crippen LogP contribution in [0.5, 0.6) is 0 Å². The van der Waals surface area contributed by atoms with Gasteiger partial charge in [-0.3, -0.25) is 4.90 Å². The van der Waals surface area contributed by atoms with E-state index in [1.165, 1.54) is 36.8 Å². The first kappa shape index (κ1) is 15.5. The summed E-state index contributed by atoms with van der Waals surface area (Å²) in [4.78, 5) is 2.68. The summed E-state index contributed by atoms with van der Waals surface area (Å²) in [6.07, 6.45) is 5.35. The molecule has 0 bridgehead atoms. The lowest BCUT2D eigenvalue weighted by Gasteiger charge is -2.46. The van der Waals surface area contributed by atoms with Gasteiger partial charge in [0.2, 0.25) is 0 Å². The van der Waals surface area contributed by atoms with Gasteiger partial charge in [-0.1, -0.05) is 56.5 Å². The van der Waals surface area contributed by atoms with Crippen molar-refractivity contribution in [3.8, 4) is 0 Å². The van der Waals surface area contributed by atoms with Crippen molar-refractivity contribution < 1.29 is 0 Å². The minimum atomic E-state index is 0.299. The fourth-order valence-corrected chi connectivity index (χ4v) is 4.13. The number of nitrogens with zero attached hydrogens (tertiary/aromatic N) is 1. The summed E-state index contributed by atoms with van der Waals surface area (Å²) in [7, 11) is 2.12. The molecule has 2 heteroatoms. The van der Waals surface area contributed by atoms with E-state index in [1.807, 2.05) is 0 Å². The molecule has 1 aromatic carbocycles. The topological polar surface area (TPSA) is 15.3 Å². The zero-order chi connectivity index (χ0) is 14.6. The Balaban J connectivity index is 2.37. The highest BCUT2D eigenvalue weighted by Gasteiger charge is 2.44. The molecule has 1 atom stereocenters. The minimum Gasteiger partial charge on any atom is -0.311 e. The lowest BCUT2D eigenvalue weighted by Crippen LogP contribution is -2.54. The van der Waals surface area contributed by atoms with Gasteiger partial charge in [-0.25, -0.2) is 0 Å². The molecular weight excluding hydrogens is 244 g/mol. The minimum absolute atomic E-state index is 0.299. The lowest BCUT2D eigenvalue weighted by atomic mass is 9.81.